The summed E-state index contributed by atoms with van der Waals surface area (Å²) in [4.78, 5) is 6.20. The van der Waals surface area contributed by atoms with Gasteiger partial charge in [-0.25, -0.2) is 0 Å². The van der Waals surface area contributed by atoms with Gasteiger partial charge in [0.15, 0.2) is 0 Å². The summed E-state index contributed by atoms with van der Waals surface area (Å²) in [5, 5.41) is 10.0. The van der Waals surface area contributed by atoms with Crippen LogP contribution >= 0.6 is 23.2 Å². The highest BCUT2D eigenvalue weighted by Gasteiger charge is 2.09. The number of aliphatic hydroxyl groups excluding tert-OH is 1. The van der Waals surface area contributed by atoms with Gasteiger partial charge in [-0.2, -0.15) is 0 Å². The first-order valence-electron chi connectivity index (χ1n) is 5.29. The van der Waals surface area contributed by atoms with Crippen molar-refractivity contribution in [3.63, 3.8) is 0 Å². The number of methoxy groups -OCH3 is 1. The molecular weight excluding hydrogens is 263 g/mol. The van der Waals surface area contributed by atoms with Crippen molar-refractivity contribution in [3.05, 3.63) is 28.0 Å². The van der Waals surface area contributed by atoms with Crippen LogP contribution < -0.4 is 0 Å². The van der Waals surface area contributed by atoms with E-state index in [-0.39, 0.29) is 6.61 Å². The van der Waals surface area contributed by atoms with Gasteiger partial charge in [0.25, 0.3) is 0 Å². The number of hydrogen-bond donors (Lipinski definition) is 1. The zero-order valence-corrected chi connectivity index (χ0v) is 11.2. The van der Waals surface area contributed by atoms with Crippen molar-refractivity contribution in [2.45, 2.75) is 6.54 Å². The molecule has 0 aliphatic heterocycles. The summed E-state index contributed by atoms with van der Waals surface area (Å²) < 4.78 is 5.01. The molecule has 0 atom stereocenters. The first-order chi connectivity index (χ1) is 8.17. The quantitative estimate of drug-likeness (QED) is 0.827. The fraction of sp³-hybridized carbons (Fsp3) is 0.545. The summed E-state index contributed by atoms with van der Waals surface area (Å²) >= 11 is 11.8. The molecule has 1 rings (SSSR count). The summed E-state index contributed by atoms with van der Waals surface area (Å²) in [6.45, 7) is 2.54. The summed E-state index contributed by atoms with van der Waals surface area (Å²) in [7, 11) is 1.64. The van der Waals surface area contributed by atoms with E-state index in [2.05, 4.69) is 4.98 Å². The molecule has 1 N–H and O–H groups in total. The molecule has 0 amide bonds. The van der Waals surface area contributed by atoms with Crippen LogP contribution in [0.2, 0.25) is 10.0 Å². The molecule has 0 aliphatic carbocycles. The molecule has 6 heteroatoms. The number of hydrogen-bond acceptors (Lipinski definition) is 4. The second-order valence-corrected chi connectivity index (χ2v) is 4.42. The largest absolute Gasteiger partial charge is 0.395 e. The molecular formula is C11H16Cl2N2O2. The van der Waals surface area contributed by atoms with Gasteiger partial charge in [0.2, 0.25) is 0 Å². The maximum Gasteiger partial charge on any atom is 0.0730 e. The van der Waals surface area contributed by atoms with E-state index < -0.39 is 0 Å². The minimum Gasteiger partial charge on any atom is -0.395 e. The molecule has 0 spiro atoms. The molecule has 96 valence electrons. The molecule has 17 heavy (non-hydrogen) atoms. The number of ether oxygens (including phenoxy) is 1. The fourth-order valence-corrected chi connectivity index (χ4v) is 1.84. The summed E-state index contributed by atoms with van der Waals surface area (Å²) in [5.74, 6) is 0. The lowest BCUT2D eigenvalue weighted by molar-refractivity contribution is 0.126. The van der Waals surface area contributed by atoms with Gasteiger partial charge < -0.3 is 9.84 Å². The molecule has 0 fully saturated rings. The first kappa shape index (κ1) is 14.7. The lowest BCUT2D eigenvalue weighted by atomic mass is 10.3. The normalized spacial score (nSPS) is 11.1. The van der Waals surface area contributed by atoms with Crippen LogP contribution in [0.15, 0.2) is 12.3 Å². The lowest BCUT2D eigenvalue weighted by Crippen LogP contribution is -2.30. The Morgan fingerprint density at radius 3 is 2.76 bits per heavy atom. The smallest absolute Gasteiger partial charge is 0.0730 e. The Kier molecular flexibility index (Phi) is 6.77. The van der Waals surface area contributed by atoms with Gasteiger partial charge in [0.1, 0.15) is 0 Å². The molecule has 0 saturated heterocycles. The molecule has 1 aromatic heterocycles. The van der Waals surface area contributed by atoms with Crippen LogP contribution in [-0.4, -0.2) is 48.4 Å². The number of nitrogens with zero attached hydrogens (tertiary/aromatic N) is 2. The lowest BCUT2D eigenvalue weighted by Gasteiger charge is -2.20. The van der Waals surface area contributed by atoms with E-state index in [0.29, 0.717) is 29.7 Å². The van der Waals surface area contributed by atoms with Crippen molar-refractivity contribution in [3.8, 4) is 0 Å². The Balaban J connectivity index is 2.64. The number of aromatic nitrogens is 1. The standard InChI is InChI=1S/C11H16Cl2N2O2/c1-17-5-3-15(2-4-16)8-11-10(13)6-9(12)7-14-11/h6-7,16H,2-5,8H2,1H3. The van der Waals surface area contributed by atoms with Gasteiger partial charge in [-0.15, -0.1) is 0 Å². The van der Waals surface area contributed by atoms with E-state index in [9.17, 15) is 0 Å². The van der Waals surface area contributed by atoms with Crippen LogP contribution in [0.5, 0.6) is 0 Å². The number of rotatable bonds is 7. The van der Waals surface area contributed by atoms with E-state index in [0.717, 1.165) is 12.2 Å². The van der Waals surface area contributed by atoms with Gasteiger partial charge >= 0.3 is 0 Å². The molecule has 0 radical (unpaired) electrons. The molecule has 0 unspecified atom stereocenters. The van der Waals surface area contributed by atoms with Crippen LogP contribution in [0.3, 0.4) is 0 Å². The maximum atomic E-state index is 8.97. The van der Waals surface area contributed by atoms with Crippen molar-refractivity contribution in [1.82, 2.24) is 9.88 Å². The monoisotopic (exact) mass is 278 g/mol. The second kappa shape index (κ2) is 7.84. The number of aliphatic hydroxyl groups is 1. The van der Waals surface area contributed by atoms with Crippen LogP contribution in [-0.2, 0) is 11.3 Å². The maximum absolute atomic E-state index is 8.97. The molecule has 4 nitrogen and oxygen atoms in total. The number of pyridine rings is 1. The Hall–Kier alpha value is -0.390. The van der Waals surface area contributed by atoms with E-state index in [1.807, 2.05) is 4.90 Å². The van der Waals surface area contributed by atoms with Crippen molar-refractivity contribution < 1.29 is 9.84 Å². The van der Waals surface area contributed by atoms with Gasteiger partial charge in [-0.1, -0.05) is 23.2 Å². The topological polar surface area (TPSA) is 45.6 Å². The minimum atomic E-state index is 0.0922. The molecule has 0 bridgehead atoms. The molecule has 0 aromatic carbocycles. The van der Waals surface area contributed by atoms with Crippen LogP contribution in [0, 0.1) is 0 Å². The average Bonchev–Trinajstić information content (AvgIpc) is 2.29. The molecule has 1 aromatic rings. The van der Waals surface area contributed by atoms with Crippen molar-refractivity contribution in [2.75, 3.05) is 33.4 Å². The Bertz CT molecular complexity index is 350. The predicted octanol–water partition coefficient (Wildman–Crippen LogP) is 1.83. The average molecular weight is 279 g/mol. The molecule has 0 saturated carbocycles. The van der Waals surface area contributed by atoms with Crippen LogP contribution in [0.1, 0.15) is 5.69 Å². The van der Waals surface area contributed by atoms with Gasteiger partial charge in [0.05, 0.1) is 29.0 Å². The van der Waals surface area contributed by atoms with Crippen LogP contribution in [0.4, 0.5) is 0 Å². The Morgan fingerprint density at radius 2 is 2.18 bits per heavy atom. The highest BCUT2D eigenvalue weighted by Crippen LogP contribution is 2.19. The highest BCUT2D eigenvalue weighted by molar-refractivity contribution is 6.34. The minimum absolute atomic E-state index is 0.0922. The third kappa shape index (κ3) is 5.19. The van der Waals surface area contributed by atoms with Crippen molar-refractivity contribution in [1.29, 1.82) is 0 Å². The SMILES string of the molecule is COCCN(CCO)Cc1ncc(Cl)cc1Cl. The number of halogens is 2. The third-order valence-corrected chi connectivity index (χ3v) is 2.82. The Labute approximate surface area is 111 Å². The van der Waals surface area contributed by atoms with E-state index in [4.69, 9.17) is 33.0 Å². The summed E-state index contributed by atoms with van der Waals surface area (Å²) in [6, 6.07) is 1.67. The van der Waals surface area contributed by atoms with E-state index in [1.54, 1.807) is 19.4 Å². The van der Waals surface area contributed by atoms with E-state index in [1.165, 1.54) is 0 Å². The fourth-order valence-electron chi connectivity index (χ4n) is 1.40. The molecule has 0 aliphatic rings. The summed E-state index contributed by atoms with van der Waals surface area (Å²) in [6.07, 6.45) is 1.57. The zero-order chi connectivity index (χ0) is 12.7. The van der Waals surface area contributed by atoms with Gasteiger partial charge in [-0.05, 0) is 6.07 Å². The van der Waals surface area contributed by atoms with E-state index >= 15 is 0 Å². The second-order valence-electron chi connectivity index (χ2n) is 3.57. The predicted molar refractivity (Wildman–Crippen MR) is 68.5 cm³/mol. The Morgan fingerprint density at radius 1 is 1.41 bits per heavy atom. The third-order valence-electron chi connectivity index (χ3n) is 2.29. The zero-order valence-electron chi connectivity index (χ0n) is 9.70. The van der Waals surface area contributed by atoms with Gasteiger partial charge in [-0.3, -0.25) is 9.88 Å². The summed E-state index contributed by atoms with van der Waals surface area (Å²) in [5.41, 5.74) is 0.751. The van der Waals surface area contributed by atoms with Crippen molar-refractivity contribution >= 4 is 23.2 Å². The van der Waals surface area contributed by atoms with Crippen LogP contribution in [0.25, 0.3) is 0 Å². The van der Waals surface area contributed by atoms with Crippen molar-refractivity contribution in [2.24, 2.45) is 0 Å². The van der Waals surface area contributed by atoms with Gasteiger partial charge in [0, 0.05) is 32.9 Å². The first-order valence-corrected chi connectivity index (χ1v) is 6.05. The molecule has 1 heterocycles. The highest BCUT2D eigenvalue weighted by atomic mass is 35.5.